The smallest absolute Gasteiger partial charge is 0.346 e. The standard InChI is InChI=1S/C15H17F3N2S/c1-4-14(5-2,6-3)20-13(21)19-12-10-8-7-9-11(12)15(16,17)18/h1,7-10H,5-6H2,2-3H3,(H2,19,20,21). The Balaban J connectivity index is 2.93. The number of anilines is 1. The molecule has 114 valence electrons. The minimum absolute atomic E-state index is 0.0772. The van der Waals surface area contributed by atoms with Crippen molar-refractivity contribution in [2.24, 2.45) is 0 Å². The Hall–Kier alpha value is -1.74. The van der Waals surface area contributed by atoms with Gasteiger partial charge in [0.15, 0.2) is 5.11 Å². The molecule has 0 aliphatic carbocycles. The summed E-state index contributed by atoms with van der Waals surface area (Å²) >= 11 is 5.08. The van der Waals surface area contributed by atoms with Gasteiger partial charge in [0.1, 0.15) is 0 Å². The average molecular weight is 314 g/mol. The summed E-state index contributed by atoms with van der Waals surface area (Å²) in [6, 6.07) is 5.16. The minimum atomic E-state index is -4.45. The van der Waals surface area contributed by atoms with Crippen molar-refractivity contribution in [1.29, 1.82) is 0 Å². The summed E-state index contributed by atoms with van der Waals surface area (Å²) in [6.45, 7) is 3.78. The number of rotatable bonds is 4. The van der Waals surface area contributed by atoms with E-state index in [0.29, 0.717) is 12.8 Å². The summed E-state index contributed by atoms with van der Waals surface area (Å²) in [4.78, 5) is 0. The molecule has 2 nitrogen and oxygen atoms in total. The third-order valence-corrected chi connectivity index (χ3v) is 3.52. The molecule has 0 bridgehead atoms. The van der Waals surface area contributed by atoms with Crippen molar-refractivity contribution in [2.45, 2.75) is 38.4 Å². The quantitative estimate of drug-likeness (QED) is 0.644. The van der Waals surface area contributed by atoms with E-state index in [-0.39, 0.29) is 10.8 Å². The first-order valence-corrected chi connectivity index (χ1v) is 6.92. The molecule has 0 atom stereocenters. The highest BCUT2D eigenvalue weighted by Crippen LogP contribution is 2.34. The molecular formula is C15H17F3N2S. The van der Waals surface area contributed by atoms with Crippen LogP contribution in [0.4, 0.5) is 18.9 Å². The summed E-state index contributed by atoms with van der Waals surface area (Å²) in [7, 11) is 0. The van der Waals surface area contributed by atoms with Crippen LogP contribution < -0.4 is 10.6 Å². The van der Waals surface area contributed by atoms with E-state index in [1.807, 2.05) is 13.8 Å². The van der Waals surface area contributed by atoms with Gasteiger partial charge in [-0.15, -0.1) is 6.42 Å². The summed E-state index contributed by atoms with van der Waals surface area (Å²) in [5.74, 6) is 2.62. The third-order valence-electron chi connectivity index (χ3n) is 3.32. The van der Waals surface area contributed by atoms with Crippen LogP contribution in [0, 0.1) is 12.3 Å². The van der Waals surface area contributed by atoms with Gasteiger partial charge in [0.05, 0.1) is 16.8 Å². The lowest BCUT2D eigenvalue weighted by molar-refractivity contribution is -0.136. The zero-order chi connectivity index (χ0) is 16.1. The molecule has 0 aliphatic heterocycles. The van der Waals surface area contributed by atoms with Crippen molar-refractivity contribution in [3.05, 3.63) is 29.8 Å². The number of hydrogen-bond donors (Lipinski definition) is 2. The number of nitrogens with one attached hydrogen (secondary N) is 2. The number of thiocarbonyl (C=S) groups is 1. The Morgan fingerprint density at radius 3 is 2.29 bits per heavy atom. The maximum atomic E-state index is 12.9. The molecule has 1 aromatic carbocycles. The Kier molecular flexibility index (Phi) is 5.62. The molecule has 0 heterocycles. The first kappa shape index (κ1) is 17.3. The molecular weight excluding hydrogens is 297 g/mol. The predicted molar refractivity (Wildman–Crippen MR) is 82.9 cm³/mol. The fraction of sp³-hybridized carbons (Fsp3) is 0.400. The number of para-hydroxylation sites is 1. The molecule has 0 unspecified atom stereocenters. The third kappa shape index (κ3) is 4.36. The second-order valence-corrected chi connectivity index (χ2v) is 4.96. The van der Waals surface area contributed by atoms with Crippen LogP contribution in [0.15, 0.2) is 24.3 Å². The van der Waals surface area contributed by atoms with Crippen LogP contribution in [0.3, 0.4) is 0 Å². The van der Waals surface area contributed by atoms with Crippen molar-refractivity contribution < 1.29 is 13.2 Å². The van der Waals surface area contributed by atoms with Gasteiger partial charge >= 0.3 is 6.18 Å². The van der Waals surface area contributed by atoms with Crippen LogP contribution in [0.1, 0.15) is 32.3 Å². The molecule has 0 aliphatic rings. The van der Waals surface area contributed by atoms with Gasteiger partial charge in [-0.2, -0.15) is 13.2 Å². The molecule has 21 heavy (non-hydrogen) atoms. The monoisotopic (exact) mass is 314 g/mol. The predicted octanol–water partition coefficient (Wildman–Crippen LogP) is 4.18. The number of alkyl halides is 3. The number of halogens is 3. The highest BCUT2D eigenvalue weighted by molar-refractivity contribution is 7.80. The number of benzene rings is 1. The van der Waals surface area contributed by atoms with E-state index in [1.54, 1.807) is 0 Å². The largest absolute Gasteiger partial charge is 0.418 e. The van der Waals surface area contributed by atoms with E-state index in [4.69, 9.17) is 18.6 Å². The van der Waals surface area contributed by atoms with Gasteiger partial charge in [0, 0.05) is 0 Å². The first-order chi connectivity index (χ1) is 9.78. The van der Waals surface area contributed by atoms with Gasteiger partial charge in [0.2, 0.25) is 0 Å². The maximum Gasteiger partial charge on any atom is 0.418 e. The fourth-order valence-electron chi connectivity index (χ4n) is 1.88. The van der Waals surface area contributed by atoms with Gasteiger partial charge in [0.25, 0.3) is 0 Å². The summed E-state index contributed by atoms with van der Waals surface area (Å²) < 4.78 is 38.7. The van der Waals surface area contributed by atoms with Crippen LogP contribution >= 0.6 is 12.2 Å². The van der Waals surface area contributed by atoms with E-state index >= 15 is 0 Å². The summed E-state index contributed by atoms with van der Waals surface area (Å²) in [6.07, 6.45) is 2.27. The molecule has 1 rings (SSSR count). The van der Waals surface area contributed by atoms with Crippen LogP contribution in [0.5, 0.6) is 0 Å². The zero-order valence-electron chi connectivity index (χ0n) is 11.8. The van der Waals surface area contributed by atoms with Crippen molar-refractivity contribution in [3.8, 4) is 12.3 Å². The molecule has 1 aromatic rings. The summed E-state index contributed by atoms with van der Waals surface area (Å²) in [5, 5.41) is 5.58. The SMILES string of the molecule is C#CC(CC)(CC)NC(=S)Nc1ccccc1C(F)(F)F. The van der Waals surface area contributed by atoms with E-state index < -0.39 is 17.3 Å². The van der Waals surface area contributed by atoms with E-state index in [0.717, 1.165) is 6.07 Å². The Bertz CT molecular complexity index is 543. The average Bonchev–Trinajstić information content (AvgIpc) is 2.44. The van der Waals surface area contributed by atoms with Crippen LogP contribution in [-0.4, -0.2) is 10.7 Å². The van der Waals surface area contributed by atoms with Gasteiger partial charge in [-0.05, 0) is 37.2 Å². The molecule has 2 N–H and O–H groups in total. The lowest BCUT2D eigenvalue weighted by Crippen LogP contribution is -2.48. The van der Waals surface area contributed by atoms with E-state index in [2.05, 4.69) is 16.6 Å². The van der Waals surface area contributed by atoms with Crippen molar-refractivity contribution in [1.82, 2.24) is 5.32 Å². The topological polar surface area (TPSA) is 24.1 Å². The first-order valence-electron chi connectivity index (χ1n) is 6.51. The highest BCUT2D eigenvalue weighted by atomic mass is 32.1. The fourth-order valence-corrected chi connectivity index (χ4v) is 2.18. The molecule has 0 fully saturated rings. The zero-order valence-corrected chi connectivity index (χ0v) is 12.7. The van der Waals surface area contributed by atoms with Crippen LogP contribution in [0.25, 0.3) is 0 Å². The van der Waals surface area contributed by atoms with Gasteiger partial charge in [-0.25, -0.2) is 0 Å². The Morgan fingerprint density at radius 2 is 1.81 bits per heavy atom. The molecule has 0 aromatic heterocycles. The number of hydrogen-bond acceptors (Lipinski definition) is 1. The van der Waals surface area contributed by atoms with E-state index in [9.17, 15) is 13.2 Å². The lowest BCUT2D eigenvalue weighted by atomic mass is 9.94. The molecule has 0 spiro atoms. The molecule has 6 heteroatoms. The van der Waals surface area contributed by atoms with Crippen molar-refractivity contribution >= 4 is 23.0 Å². The lowest BCUT2D eigenvalue weighted by Gasteiger charge is -2.29. The van der Waals surface area contributed by atoms with Gasteiger partial charge in [-0.3, -0.25) is 0 Å². The van der Waals surface area contributed by atoms with Crippen molar-refractivity contribution in [3.63, 3.8) is 0 Å². The van der Waals surface area contributed by atoms with Crippen LogP contribution in [0.2, 0.25) is 0 Å². The molecule has 0 amide bonds. The Morgan fingerprint density at radius 1 is 1.24 bits per heavy atom. The Labute approximate surface area is 128 Å². The van der Waals surface area contributed by atoms with Gasteiger partial charge in [-0.1, -0.05) is 31.9 Å². The summed E-state index contributed by atoms with van der Waals surface area (Å²) in [5.41, 5.74) is -1.52. The highest BCUT2D eigenvalue weighted by Gasteiger charge is 2.33. The molecule has 0 radical (unpaired) electrons. The van der Waals surface area contributed by atoms with Gasteiger partial charge < -0.3 is 10.6 Å². The molecule has 0 saturated carbocycles. The maximum absolute atomic E-state index is 12.9. The second kappa shape index (κ2) is 6.81. The van der Waals surface area contributed by atoms with E-state index in [1.165, 1.54) is 18.2 Å². The molecule has 0 saturated heterocycles. The second-order valence-electron chi connectivity index (χ2n) is 4.56. The minimum Gasteiger partial charge on any atom is -0.346 e. The van der Waals surface area contributed by atoms with Crippen LogP contribution in [-0.2, 0) is 6.18 Å². The number of terminal acetylenes is 1. The van der Waals surface area contributed by atoms with Crippen molar-refractivity contribution in [2.75, 3.05) is 5.32 Å². The normalized spacial score (nSPS) is 11.6.